The van der Waals surface area contributed by atoms with Crippen molar-refractivity contribution in [3.05, 3.63) is 29.8 Å². The molecular weight excluding hydrogens is 230 g/mol. The molecule has 2 heterocycles. The molecule has 1 aliphatic rings. The average Bonchev–Trinajstić information content (AvgIpc) is 2.80. The fourth-order valence-electron chi connectivity index (χ4n) is 2.22. The lowest BCUT2D eigenvalue weighted by atomic mass is 9.98. The van der Waals surface area contributed by atoms with E-state index in [-0.39, 0.29) is 11.8 Å². The van der Waals surface area contributed by atoms with Crippen LogP contribution in [0.4, 0.5) is 11.6 Å². The quantitative estimate of drug-likeness (QED) is 0.829. The summed E-state index contributed by atoms with van der Waals surface area (Å²) in [6, 6.07) is 7.62. The van der Waals surface area contributed by atoms with Crippen LogP contribution in [-0.2, 0) is 11.2 Å². The molecule has 0 radical (unpaired) electrons. The van der Waals surface area contributed by atoms with Crippen LogP contribution in [0.2, 0.25) is 0 Å². The van der Waals surface area contributed by atoms with Crippen molar-refractivity contribution in [1.29, 1.82) is 0 Å². The molecule has 2 aromatic rings. The number of anilines is 2. The van der Waals surface area contributed by atoms with Gasteiger partial charge in [-0.05, 0) is 18.1 Å². The molecule has 1 aliphatic heterocycles. The second kappa shape index (κ2) is 3.87. The second-order valence-corrected chi connectivity index (χ2v) is 4.41. The van der Waals surface area contributed by atoms with Gasteiger partial charge in [-0.1, -0.05) is 17.3 Å². The van der Waals surface area contributed by atoms with Crippen molar-refractivity contribution in [2.75, 3.05) is 17.7 Å². The minimum absolute atomic E-state index is 0.138. The van der Waals surface area contributed by atoms with E-state index in [1.54, 1.807) is 18.0 Å². The molecule has 1 aromatic carbocycles. The van der Waals surface area contributed by atoms with Gasteiger partial charge in [-0.15, -0.1) is 0 Å². The van der Waals surface area contributed by atoms with Crippen molar-refractivity contribution >= 4 is 17.5 Å². The lowest BCUT2D eigenvalue weighted by Gasteiger charge is -2.26. The van der Waals surface area contributed by atoms with Gasteiger partial charge in [0, 0.05) is 30.8 Å². The summed E-state index contributed by atoms with van der Waals surface area (Å²) in [4.78, 5) is 13.4. The van der Waals surface area contributed by atoms with Crippen molar-refractivity contribution in [3.8, 4) is 11.3 Å². The van der Waals surface area contributed by atoms with Crippen LogP contribution >= 0.6 is 0 Å². The summed E-state index contributed by atoms with van der Waals surface area (Å²) < 4.78 is 4.86. The first-order valence-electron chi connectivity index (χ1n) is 5.77. The zero-order chi connectivity index (χ0) is 12.7. The molecule has 0 atom stereocenters. The first-order chi connectivity index (χ1) is 8.65. The Hall–Kier alpha value is -2.30. The number of nitrogens with zero attached hydrogens (tertiary/aromatic N) is 2. The number of nitrogens with two attached hydrogens (primary N) is 1. The first kappa shape index (κ1) is 10.8. The molecule has 1 aromatic heterocycles. The molecular formula is C13H13N3O2. The van der Waals surface area contributed by atoms with Crippen LogP contribution in [0, 0.1) is 0 Å². The zero-order valence-corrected chi connectivity index (χ0v) is 10.0. The Kier molecular flexibility index (Phi) is 2.33. The molecule has 0 unspecified atom stereocenters. The van der Waals surface area contributed by atoms with Gasteiger partial charge in [-0.3, -0.25) is 4.79 Å². The minimum Gasteiger partial charge on any atom is -0.368 e. The Morgan fingerprint density at radius 1 is 1.33 bits per heavy atom. The Morgan fingerprint density at radius 3 is 2.89 bits per heavy atom. The Balaban J connectivity index is 2.07. The van der Waals surface area contributed by atoms with Gasteiger partial charge in [0.05, 0.1) is 0 Å². The Morgan fingerprint density at radius 2 is 2.17 bits per heavy atom. The molecule has 3 rings (SSSR count). The van der Waals surface area contributed by atoms with Gasteiger partial charge in [-0.2, -0.15) is 0 Å². The van der Waals surface area contributed by atoms with Crippen LogP contribution in [0.5, 0.6) is 0 Å². The van der Waals surface area contributed by atoms with Crippen LogP contribution in [-0.4, -0.2) is 18.1 Å². The van der Waals surface area contributed by atoms with Gasteiger partial charge in [0.2, 0.25) is 11.8 Å². The van der Waals surface area contributed by atoms with Crippen molar-refractivity contribution in [3.63, 3.8) is 0 Å². The van der Waals surface area contributed by atoms with Gasteiger partial charge in [-0.25, -0.2) is 0 Å². The third-order valence-electron chi connectivity index (χ3n) is 3.25. The van der Waals surface area contributed by atoms with E-state index in [2.05, 4.69) is 5.16 Å². The van der Waals surface area contributed by atoms with E-state index in [1.165, 1.54) is 5.56 Å². The Labute approximate surface area is 104 Å². The average molecular weight is 243 g/mol. The molecule has 0 saturated heterocycles. The Bertz CT molecular complexity index is 618. The number of aromatic nitrogens is 1. The smallest absolute Gasteiger partial charge is 0.227 e. The van der Waals surface area contributed by atoms with E-state index in [9.17, 15) is 4.79 Å². The standard InChI is InChI=1S/C13H13N3O2/c1-16-11-6-9(10-7-12(14)18-15-10)3-2-8(11)4-5-13(16)17/h2-3,6-7H,4-5,14H2,1H3. The number of benzene rings is 1. The fraction of sp³-hybridized carbons (Fsp3) is 0.231. The molecule has 5 nitrogen and oxygen atoms in total. The number of hydrogen-bond donors (Lipinski definition) is 1. The number of fused-ring (bicyclic) bond motifs is 1. The van der Waals surface area contributed by atoms with E-state index in [1.807, 2.05) is 18.2 Å². The van der Waals surface area contributed by atoms with Crippen molar-refractivity contribution < 1.29 is 9.32 Å². The number of amides is 1. The third-order valence-corrected chi connectivity index (χ3v) is 3.25. The number of rotatable bonds is 1. The van der Waals surface area contributed by atoms with Crippen LogP contribution < -0.4 is 10.6 Å². The second-order valence-electron chi connectivity index (χ2n) is 4.41. The summed E-state index contributed by atoms with van der Waals surface area (Å²) >= 11 is 0. The fourth-order valence-corrected chi connectivity index (χ4v) is 2.22. The number of hydrogen-bond acceptors (Lipinski definition) is 4. The molecule has 0 aliphatic carbocycles. The molecule has 92 valence electrons. The SMILES string of the molecule is CN1C(=O)CCc2ccc(-c3cc(N)on3)cc21. The maximum Gasteiger partial charge on any atom is 0.227 e. The topological polar surface area (TPSA) is 72.4 Å². The van der Waals surface area contributed by atoms with Crippen LogP contribution in [0.15, 0.2) is 28.8 Å². The molecule has 0 spiro atoms. The van der Waals surface area contributed by atoms with Crippen LogP contribution in [0.1, 0.15) is 12.0 Å². The highest BCUT2D eigenvalue weighted by atomic mass is 16.5. The number of aryl methyl sites for hydroxylation is 1. The van der Waals surface area contributed by atoms with Gasteiger partial charge in [0.1, 0.15) is 5.69 Å². The van der Waals surface area contributed by atoms with E-state index in [4.69, 9.17) is 10.3 Å². The van der Waals surface area contributed by atoms with Gasteiger partial charge >= 0.3 is 0 Å². The minimum atomic E-state index is 0.138. The predicted octanol–water partition coefficient (Wildman–Crippen LogP) is 1.83. The van der Waals surface area contributed by atoms with Crippen molar-refractivity contribution in [2.24, 2.45) is 0 Å². The maximum absolute atomic E-state index is 11.7. The summed E-state index contributed by atoms with van der Waals surface area (Å²) in [5.41, 5.74) is 9.20. The largest absolute Gasteiger partial charge is 0.368 e. The van der Waals surface area contributed by atoms with Gasteiger partial charge < -0.3 is 15.2 Å². The highest BCUT2D eigenvalue weighted by Gasteiger charge is 2.21. The lowest BCUT2D eigenvalue weighted by molar-refractivity contribution is -0.118. The normalized spacial score (nSPS) is 14.7. The number of carbonyl (C=O) groups is 1. The molecule has 2 N–H and O–H groups in total. The van der Waals surface area contributed by atoms with Gasteiger partial charge in [0.25, 0.3) is 0 Å². The lowest BCUT2D eigenvalue weighted by Crippen LogP contribution is -2.31. The first-order valence-corrected chi connectivity index (χ1v) is 5.77. The van der Waals surface area contributed by atoms with Crippen LogP contribution in [0.25, 0.3) is 11.3 Å². The van der Waals surface area contributed by atoms with E-state index < -0.39 is 0 Å². The molecule has 5 heteroatoms. The maximum atomic E-state index is 11.7. The summed E-state index contributed by atoms with van der Waals surface area (Å²) in [6.45, 7) is 0. The highest BCUT2D eigenvalue weighted by Crippen LogP contribution is 2.31. The molecule has 0 saturated carbocycles. The third kappa shape index (κ3) is 1.64. The number of nitrogen functional groups attached to an aromatic ring is 1. The molecule has 0 bridgehead atoms. The molecule has 0 fully saturated rings. The number of carbonyl (C=O) groups excluding carboxylic acids is 1. The zero-order valence-electron chi connectivity index (χ0n) is 10.0. The monoisotopic (exact) mass is 243 g/mol. The van der Waals surface area contributed by atoms with E-state index in [0.29, 0.717) is 12.1 Å². The molecule has 18 heavy (non-hydrogen) atoms. The highest BCUT2D eigenvalue weighted by molar-refractivity contribution is 5.96. The van der Waals surface area contributed by atoms with Gasteiger partial charge in [0.15, 0.2) is 0 Å². The summed E-state index contributed by atoms with van der Waals surface area (Å²) in [7, 11) is 1.79. The van der Waals surface area contributed by atoms with Crippen molar-refractivity contribution in [2.45, 2.75) is 12.8 Å². The van der Waals surface area contributed by atoms with Crippen molar-refractivity contribution in [1.82, 2.24) is 5.16 Å². The van der Waals surface area contributed by atoms with E-state index in [0.717, 1.165) is 17.7 Å². The summed E-state index contributed by atoms with van der Waals surface area (Å²) in [5.74, 6) is 0.423. The van der Waals surface area contributed by atoms with E-state index >= 15 is 0 Å². The molecule has 1 amide bonds. The van der Waals surface area contributed by atoms with Crippen LogP contribution in [0.3, 0.4) is 0 Å². The summed E-state index contributed by atoms with van der Waals surface area (Å²) in [5, 5.41) is 3.88. The summed E-state index contributed by atoms with van der Waals surface area (Å²) in [6.07, 6.45) is 1.36. The predicted molar refractivity (Wildman–Crippen MR) is 68.1 cm³/mol.